The van der Waals surface area contributed by atoms with E-state index in [1.54, 1.807) is 26.4 Å². The SMILES string of the molecule is COC.Cc1ccc(S(=O)(=O)O)cc1.OCCOCCOCCO. The summed E-state index contributed by atoms with van der Waals surface area (Å²) in [5.41, 5.74) is 0.956. The lowest BCUT2D eigenvalue weighted by Crippen LogP contribution is -2.09. The molecule has 0 saturated carbocycles. The molecular weight excluding hydrogens is 340 g/mol. The van der Waals surface area contributed by atoms with E-state index in [0.717, 1.165) is 5.56 Å². The van der Waals surface area contributed by atoms with Crippen molar-refractivity contribution in [1.82, 2.24) is 0 Å². The first-order chi connectivity index (χ1) is 11.3. The van der Waals surface area contributed by atoms with E-state index in [0.29, 0.717) is 26.4 Å². The number of benzene rings is 1. The highest BCUT2D eigenvalue weighted by atomic mass is 32.2. The molecule has 0 amide bonds. The summed E-state index contributed by atoms with van der Waals surface area (Å²) in [5, 5.41) is 16.5. The lowest BCUT2D eigenvalue weighted by Gasteiger charge is -2.01. The minimum Gasteiger partial charge on any atom is -0.394 e. The summed E-state index contributed by atoms with van der Waals surface area (Å²) < 4.78 is 43.5. The average Bonchev–Trinajstić information content (AvgIpc) is 2.52. The summed E-state index contributed by atoms with van der Waals surface area (Å²) in [6.07, 6.45) is 0. The summed E-state index contributed by atoms with van der Waals surface area (Å²) in [5.74, 6) is 0. The van der Waals surface area contributed by atoms with Gasteiger partial charge in [-0.1, -0.05) is 17.7 Å². The fraction of sp³-hybridized carbons (Fsp3) is 0.600. The monoisotopic (exact) mass is 368 g/mol. The summed E-state index contributed by atoms with van der Waals surface area (Å²) in [6, 6.07) is 5.99. The normalized spacial score (nSPS) is 10.2. The molecule has 0 heterocycles. The summed E-state index contributed by atoms with van der Waals surface area (Å²) in [7, 11) is -0.770. The molecule has 1 rings (SSSR count). The van der Waals surface area contributed by atoms with Crippen molar-refractivity contribution in [2.75, 3.05) is 53.9 Å². The van der Waals surface area contributed by atoms with Crippen molar-refractivity contribution in [2.45, 2.75) is 11.8 Å². The van der Waals surface area contributed by atoms with E-state index in [-0.39, 0.29) is 18.1 Å². The van der Waals surface area contributed by atoms with Crippen molar-refractivity contribution in [1.29, 1.82) is 0 Å². The molecule has 0 radical (unpaired) electrons. The number of aryl methyl sites for hydroxylation is 1. The molecule has 0 aliphatic heterocycles. The zero-order valence-electron chi connectivity index (χ0n) is 14.3. The quantitative estimate of drug-likeness (QED) is 0.448. The molecule has 0 fully saturated rings. The van der Waals surface area contributed by atoms with Crippen LogP contribution in [-0.2, 0) is 24.3 Å². The highest BCUT2D eigenvalue weighted by molar-refractivity contribution is 7.85. The summed E-state index contributed by atoms with van der Waals surface area (Å²) in [4.78, 5) is -0.0666. The molecule has 0 atom stereocenters. The number of methoxy groups -OCH3 is 1. The first kappa shape index (κ1) is 25.2. The Labute approximate surface area is 143 Å². The van der Waals surface area contributed by atoms with Gasteiger partial charge in [-0.15, -0.1) is 0 Å². The number of ether oxygens (including phenoxy) is 3. The summed E-state index contributed by atoms with van der Waals surface area (Å²) >= 11 is 0. The van der Waals surface area contributed by atoms with Gasteiger partial charge in [0, 0.05) is 14.2 Å². The van der Waals surface area contributed by atoms with Crippen molar-refractivity contribution in [2.24, 2.45) is 0 Å². The van der Waals surface area contributed by atoms with Crippen LogP contribution < -0.4 is 0 Å². The van der Waals surface area contributed by atoms with E-state index in [1.165, 1.54) is 12.1 Å². The van der Waals surface area contributed by atoms with Crippen LogP contribution >= 0.6 is 0 Å². The van der Waals surface area contributed by atoms with Crippen molar-refractivity contribution in [3.05, 3.63) is 29.8 Å². The maximum absolute atomic E-state index is 10.5. The third-order valence-electron chi connectivity index (χ3n) is 2.16. The number of aliphatic hydroxyl groups is 2. The van der Waals surface area contributed by atoms with Crippen LogP contribution in [0.15, 0.2) is 29.2 Å². The van der Waals surface area contributed by atoms with Gasteiger partial charge in [-0.05, 0) is 19.1 Å². The van der Waals surface area contributed by atoms with Crippen LogP contribution in [0.4, 0.5) is 0 Å². The Morgan fingerprint density at radius 3 is 1.54 bits per heavy atom. The van der Waals surface area contributed by atoms with Crippen LogP contribution in [0, 0.1) is 6.92 Å². The van der Waals surface area contributed by atoms with Crippen LogP contribution in [0.3, 0.4) is 0 Å². The molecule has 0 aliphatic carbocycles. The van der Waals surface area contributed by atoms with Gasteiger partial charge in [0.2, 0.25) is 0 Å². The minimum absolute atomic E-state index is 0.0417. The van der Waals surface area contributed by atoms with Crippen molar-refractivity contribution in [3.63, 3.8) is 0 Å². The second-order valence-corrected chi connectivity index (χ2v) is 5.79. The molecule has 0 aromatic heterocycles. The Bertz CT molecular complexity index is 465. The Morgan fingerprint density at radius 1 is 0.875 bits per heavy atom. The molecule has 0 spiro atoms. The van der Waals surface area contributed by atoms with Gasteiger partial charge in [0.1, 0.15) is 0 Å². The van der Waals surface area contributed by atoms with Gasteiger partial charge in [-0.25, -0.2) is 0 Å². The summed E-state index contributed by atoms with van der Waals surface area (Å²) in [6.45, 7) is 3.57. The van der Waals surface area contributed by atoms with Gasteiger partial charge in [0.05, 0.1) is 44.5 Å². The zero-order valence-corrected chi connectivity index (χ0v) is 15.2. The van der Waals surface area contributed by atoms with Gasteiger partial charge in [-0.2, -0.15) is 8.42 Å². The van der Waals surface area contributed by atoms with Gasteiger partial charge < -0.3 is 24.4 Å². The predicted molar refractivity (Wildman–Crippen MR) is 89.7 cm³/mol. The fourth-order valence-corrected chi connectivity index (χ4v) is 1.64. The van der Waals surface area contributed by atoms with E-state index in [1.807, 2.05) is 6.92 Å². The number of hydrogen-bond acceptors (Lipinski definition) is 7. The van der Waals surface area contributed by atoms with Gasteiger partial charge in [-0.3, -0.25) is 4.55 Å². The molecule has 0 aliphatic rings. The number of rotatable bonds is 8. The smallest absolute Gasteiger partial charge is 0.294 e. The van der Waals surface area contributed by atoms with Gasteiger partial charge in [0.25, 0.3) is 10.1 Å². The molecule has 1 aromatic rings. The lowest BCUT2D eigenvalue weighted by atomic mass is 10.2. The lowest BCUT2D eigenvalue weighted by molar-refractivity contribution is 0.0222. The first-order valence-corrected chi connectivity index (χ1v) is 8.59. The van der Waals surface area contributed by atoms with Crippen molar-refractivity contribution in [3.8, 4) is 0 Å². The van der Waals surface area contributed by atoms with Gasteiger partial charge in [0.15, 0.2) is 0 Å². The van der Waals surface area contributed by atoms with Crippen LogP contribution in [0.25, 0.3) is 0 Å². The second kappa shape index (κ2) is 16.8. The number of hydrogen-bond donors (Lipinski definition) is 3. The van der Waals surface area contributed by atoms with Crippen LogP contribution in [0.1, 0.15) is 5.56 Å². The number of aliphatic hydroxyl groups excluding tert-OH is 2. The molecule has 1 aromatic carbocycles. The van der Waals surface area contributed by atoms with Crippen molar-refractivity contribution >= 4 is 10.1 Å². The third kappa shape index (κ3) is 17.3. The fourth-order valence-electron chi connectivity index (χ4n) is 1.16. The van der Waals surface area contributed by atoms with Crippen LogP contribution in [0.2, 0.25) is 0 Å². The zero-order chi connectivity index (χ0) is 18.8. The first-order valence-electron chi connectivity index (χ1n) is 7.15. The highest BCUT2D eigenvalue weighted by Gasteiger charge is 2.06. The molecule has 8 nitrogen and oxygen atoms in total. The second-order valence-electron chi connectivity index (χ2n) is 4.37. The predicted octanol–water partition coefficient (Wildman–Crippen LogP) is 0.509. The Morgan fingerprint density at radius 2 is 1.25 bits per heavy atom. The molecular formula is C15H28O8S. The van der Waals surface area contributed by atoms with Crippen LogP contribution in [-0.4, -0.2) is 77.0 Å². The Balaban J connectivity index is 0. The molecule has 0 unspecified atom stereocenters. The third-order valence-corrected chi connectivity index (χ3v) is 3.03. The minimum atomic E-state index is -4.02. The topological polar surface area (TPSA) is 123 Å². The largest absolute Gasteiger partial charge is 0.394 e. The Kier molecular flexibility index (Phi) is 17.6. The molecule has 9 heteroatoms. The molecule has 0 saturated heterocycles. The van der Waals surface area contributed by atoms with E-state index in [4.69, 9.17) is 24.2 Å². The molecule has 142 valence electrons. The van der Waals surface area contributed by atoms with Crippen LogP contribution in [0.5, 0.6) is 0 Å². The standard InChI is InChI=1S/C7H8O3S.C6H14O4.C2H6O/c1-6-2-4-7(5-3-6)11(8,9)10;7-1-3-9-5-6-10-4-2-8;1-3-2/h2-5H,1H3,(H,8,9,10);7-8H,1-6H2;1-2H3. The van der Waals surface area contributed by atoms with Gasteiger partial charge >= 0.3 is 0 Å². The average molecular weight is 368 g/mol. The van der Waals surface area contributed by atoms with E-state index < -0.39 is 10.1 Å². The molecule has 24 heavy (non-hydrogen) atoms. The molecule has 0 bridgehead atoms. The molecule has 3 N–H and O–H groups in total. The van der Waals surface area contributed by atoms with E-state index >= 15 is 0 Å². The highest BCUT2D eigenvalue weighted by Crippen LogP contribution is 2.08. The van der Waals surface area contributed by atoms with Crippen molar-refractivity contribution < 1.29 is 37.4 Å². The van der Waals surface area contributed by atoms with E-state index in [2.05, 4.69) is 4.74 Å². The maximum atomic E-state index is 10.5. The maximum Gasteiger partial charge on any atom is 0.294 e. The Hall–Kier alpha value is -1.07. The van der Waals surface area contributed by atoms with E-state index in [9.17, 15) is 8.42 Å².